The van der Waals surface area contributed by atoms with Gasteiger partial charge in [0.25, 0.3) is 0 Å². The van der Waals surface area contributed by atoms with Crippen molar-refractivity contribution in [2.75, 3.05) is 0 Å². The molecule has 284 valence electrons. The van der Waals surface area contributed by atoms with Gasteiger partial charge in [0.2, 0.25) is 23.6 Å². The Kier molecular flexibility index (Phi) is 11.4. The van der Waals surface area contributed by atoms with Crippen LogP contribution in [0.15, 0.2) is 143 Å². The van der Waals surface area contributed by atoms with Crippen molar-refractivity contribution in [3.63, 3.8) is 0 Å². The van der Waals surface area contributed by atoms with Crippen LogP contribution in [-0.2, 0) is 10.8 Å². The monoisotopic (exact) mass is 760 g/mol. The van der Waals surface area contributed by atoms with E-state index in [1.807, 2.05) is 72.8 Å². The number of rotatable bonds is 4. The standard InChI is InChI=1S/2C24H20N4O/c2*1-24(2,3)20-11-9-19(10-12-20)23-28-27-22(29-23)18-7-4-17(5-8-18)6-13-21-16-25-14-15-26-21/h2*4-5,7-12,14-16H,1-3H3. The second-order valence-electron chi connectivity index (χ2n) is 15.3. The summed E-state index contributed by atoms with van der Waals surface area (Å²) in [6.07, 6.45) is 9.76. The predicted molar refractivity (Wildman–Crippen MR) is 224 cm³/mol. The largest absolute Gasteiger partial charge is 0.416 e. The fourth-order valence-corrected chi connectivity index (χ4v) is 5.53. The molecule has 8 rings (SSSR count). The van der Waals surface area contributed by atoms with E-state index in [4.69, 9.17) is 8.83 Å². The number of hydrogen-bond acceptors (Lipinski definition) is 10. The van der Waals surface area contributed by atoms with E-state index in [9.17, 15) is 0 Å². The summed E-state index contributed by atoms with van der Waals surface area (Å²) in [5.41, 5.74) is 9.26. The number of nitrogens with zero attached hydrogens (tertiary/aromatic N) is 8. The van der Waals surface area contributed by atoms with E-state index in [0.29, 0.717) is 35.0 Å². The first-order chi connectivity index (χ1) is 28.0. The Labute approximate surface area is 337 Å². The van der Waals surface area contributed by atoms with E-state index in [2.05, 4.69) is 130 Å². The van der Waals surface area contributed by atoms with Crippen molar-refractivity contribution in [2.45, 2.75) is 52.4 Å². The summed E-state index contributed by atoms with van der Waals surface area (Å²) in [5, 5.41) is 16.8. The van der Waals surface area contributed by atoms with Gasteiger partial charge in [-0.25, -0.2) is 9.97 Å². The van der Waals surface area contributed by atoms with Crippen molar-refractivity contribution in [2.24, 2.45) is 0 Å². The molecule has 4 aromatic carbocycles. The molecule has 0 aliphatic rings. The highest BCUT2D eigenvalue weighted by Crippen LogP contribution is 2.29. The van der Waals surface area contributed by atoms with Gasteiger partial charge in [0.1, 0.15) is 11.4 Å². The SMILES string of the molecule is CC(C)(C)c1ccc(-c2nnc(-c3ccc(C#Cc4cnccn4)cc3)o2)cc1.CC(C)(C)c1ccc(-c2nnc(-c3ccc(C#Cc4cnccn4)cc3)o2)cc1. The normalized spacial score (nSPS) is 11.0. The Bertz CT molecular complexity index is 2510. The average Bonchev–Trinajstić information content (AvgIpc) is 3.95. The highest BCUT2D eigenvalue weighted by molar-refractivity contribution is 5.61. The molecule has 0 saturated carbocycles. The Hall–Kier alpha value is -7.56. The van der Waals surface area contributed by atoms with Gasteiger partial charge in [-0.2, -0.15) is 0 Å². The first-order valence-corrected chi connectivity index (χ1v) is 18.6. The van der Waals surface area contributed by atoms with Gasteiger partial charge in [-0.3, -0.25) is 9.97 Å². The lowest BCUT2D eigenvalue weighted by atomic mass is 9.87. The maximum Gasteiger partial charge on any atom is 0.248 e. The van der Waals surface area contributed by atoms with Crippen LogP contribution in [0.3, 0.4) is 0 Å². The van der Waals surface area contributed by atoms with Crippen LogP contribution in [0.1, 0.15) is 75.2 Å². The summed E-state index contributed by atoms with van der Waals surface area (Å²) in [7, 11) is 0. The van der Waals surface area contributed by atoms with E-state index in [1.165, 1.54) is 11.1 Å². The molecule has 4 aromatic heterocycles. The minimum atomic E-state index is 0.107. The van der Waals surface area contributed by atoms with E-state index in [0.717, 1.165) is 33.4 Å². The van der Waals surface area contributed by atoms with Gasteiger partial charge in [0, 0.05) is 58.2 Å². The van der Waals surface area contributed by atoms with Crippen LogP contribution < -0.4 is 0 Å². The second-order valence-corrected chi connectivity index (χ2v) is 15.3. The van der Waals surface area contributed by atoms with Gasteiger partial charge >= 0.3 is 0 Å². The van der Waals surface area contributed by atoms with E-state index >= 15 is 0 Å². The highest BCUT2D eigenvalue weighted by Gasteiger charge is 2.17. The lowest BCUT2D eigenvalue weighted by Gasteiger charge is -2.18. The molecule has 4 heterocycles. The molecule has 58 heavy (non-hydrogen) atoms. The van der Waals surface area contributed by atoms with Crippen molar-refractivity contribution < 1.29 is 8.83 Å². The van der Waals surface area contributed by atoms with Crippen LogP contribution >= 0.6 is 0 Å². The van der Waals surface area contributed by atoms with Crippen LogP contribution in [0.4, 0.5) is 0 Å². The third-order valence-electron chi connectivity index (χ3n) is 8.91. The number of benzene rings is 4. The maximum atomic E-state index is 5.87. The summed E-state index contributed by atoms with van der Waals surface area (Å²) in [6, 6.07) is 31.8. The van der Waals surface area contributed by atoms with Crippen LogP contribution in [0, 0.1) is 23.7 Å². The predicted octanol–water partition coefficient (Wildman–Crippen LogP) is 9.78. The zero-order chi connectivity index (χ0) is 40.5. The van der Waals surface area contributed by atoms with Crippen molar-refractivity contribution in [3.05, 3.63) is 168 Å². The molecular formula is C48H40N8O2. The molecular weight excluding hydrogens is 721 g/mol. The molecule has 0 aliphatic carbocycles. The zero-order valence-electron chi connectivity index (χ0n) is 33.1. The van der Waals surface area contributed by atoms with Crippen LogP contribution in [0.25, 0.3) is 45.8 Å². The molecule has 0 radical (unpaired) electrons. The summed E-state index contributed by atoms with van der Waals surface area (Å²) in [6.45, 7) is 13.1. The average molecular weight is 761 g/mol. The van der Waals surface area contributed by atoms with Gasteiger partial charge in [-0.1, -0.05) is 77.6 Å². The quantitative estimate of drug-likeness (QED) is 0.160. The van der Waals surface area contributed by atoms with E-state index in [-0.39, 0.29) is 10.8 Å². The topological polar surface area (TPSA) is 129 Å². The molecule has 0 unspecified atom stereocenters. The summed E-state index contributed by atoms with van der Waals surface area (Å²) in [5.74, 6) is 14.1. The first-order valence-electron chi connectivity index (χ1n) is 18.6. The van der Waals surface area contributed by atoms with Crippen molar-refractivity contribution in [3.8, 4) is 69.5 Å². The van der Waals surface area contributed by atoms with Gasteiger partial charge in [-0.15, -0.1) is 20.4 Å². The van der Waals surface area contributed by atoms with Crippen molar-refractivity contribution >= 4 is 0 Å². The van der Waals surface area contributed by atoms with Crippen LogP contribution in [-0.4, -0.2) is 40.3 Å². The molecule has 8 aromatic rings. The van der Waals surface area contributed by atoms with Gasteiger partial charge in [0.15, 0.2) is 0 Å². The maximum absolute atomic E-state index is 5.87. The molecule has 10 nitrogen and oxygen atoms in total. The van der Waals surface area contributed by atoms with E-state index < -0.39 is 0 Å². The number of aromatic nitrogens is 8. The Balaban J connectivity index is 0.000000177. The summed E-state index contributed by atoms with van der Waals surface area (Å²) >= 11 is 0. The smallest absolute Gasteiger partial charge is 0.248 e. The lowest BCUT2D eigenvalue weighted by Crippen LogP contribution is -2.10. The van der Waals surface area contributed by atoms with Crippen LogP contribution in [0.5, 0.6) is 0 Å². The fourth-order valence-electron chi connectivity index (χ4n) is 5.53. The number of hydrogen-bond donors (Lipinski definition) is 0. The second kappa shape index (κ2) is 17.1. The molecule has 0 spiro atoms. The van der Waals surface area contributed by atoms with Gasteiger partial charge in [-0.05, 0) is 107 Å². The summed E-state index contributed by atoms with van der Waals surface area (Å²) in [4.78, 5) is 16.3. The molecule has 0 N–H and O–H groups in total. The zero-order valence-corrected chi connectivity index (χ0v) is 33.1. The van der Waals surface area contributed by atoms with Gasteiger partial charge < -0.3 is 8.83 Å². The van der Waals surface area contributed by atoms with Crippen molar-refractivity contribution in [1.82, 2.24) is 40.3 Å². The highest BCUT2D eigenvalue weighted by atomic mass is 16.4. The third kappa shape index (κ3) is 9.99. The Morgan fingerprint density at radius 2 is 0.690 bits per heavy atom. The van der Waals surface area contributed by atoms with E-state index in [1.54, 1.807) is 37.2 Å². The van der Waals surface area contributed by atoms with Gasteiger partial charge in [0.05, 0.1) is 12.4 Å². The lowest BCUT2D eigenvalue weighted by molar-refractivity contribution is 0.582. The van der Waals surface area contributed by atoms with Crippen molar-refractivity contribution in [1.29, 1.82) is 0 Å². The molecule has 0 amide bonds. The Morgan fingerprint density at radius 3 is 0.966 bits per heavy atom. The summed E-state index contributed by atoms with van der Waals surface area (Å²) < 4.78 is 11.7. The Morgan fingerprint density at radius 1 is 0.379 bits per heavy atom. The minimum absolute atomic E-state index is 0.107. The minimum Gasteiger partial charge on any atom is -0.416 e. The molecule has 0 atom stereocenters. The molecule has 0 aliphatic heterocycles. The first kappa shape index (κ1) is 38.7. The molecule has 0 bridgehead atoms. The molecule has 0 saturated heterocycles. The fraction of sp³-hybridized carbons (Fsp3) is 0.167. The third-order valence-corrected chi connectivity index (χ3v) is 8.91. The van der Waals surface area contributed by atoms with Crippen LogP contribution in [0.2, 0.25) is 0 Å². The molecule has 0 fully saturated rings. The molecule has 10 heteroatoms.